The molecule has 1 aliphatic heterocycles. The molecule has 3 heterocycles. The molecule has 2 aromatic heterocycles. The number of benzene rings is 1. The standard InChI is InChI=1S/C24H28N2O5S2/c1-18-16-23(19(2)26(18)10-9-21-4-3-15-32-21)24(27)17-31-20-5-7-22(8-6-20)33(28,29)25-11-13-30-14-12-25/h3-8,15-16H,9-14,17H2,1-2H3. The van der Waals surface area contributed by atoms with Gasteiger partial charge in [-0.1, -0.05) is 6.07 Å². The van der Waals surface area contributed by atoms with Crippen LogP contribution in [0.5, 0.6) is 5.75 Å². The number of aryl methyl sites for hydroxylation is 2. The maximum Gasteiger partial charge on any atom is 0.243 e. The van der Waals surface area contributed by atoms with Gasteiger partial charge in [-0.3, -0.25) is 4.79 Å². The number of nitrogens with zero attached hydrogens (tertiary/aromatic N) is 2. The summed E-state index contributed by atoms with van der Waals surface area (Å²) in [4.78, 5) is 14.3. The fourth-order valence-corrected chi connectivity index (χ4v) is 6.08. The van der Waals surface area contributed by atoms with Gasteiger partial charge in [0, 0.05) is 41.5 Å². The summed E-state index contributed by atoms with van der Waals surface area (Å²) >= 11 is 1.74. The normalized spacial score (nSPS) is 15.0. The van der Waals surface area contributed by atoms with Gasteiger partial charge >= 0.3 is 0 Å². The van der Waals surface area contributed by atoms with Gasteiger partial charge in [-0.05, 0) is 62.0 Å². The van der Waals surface area contributed by atoms with Crippen molar-refractivity contribution in [2.75, 3.05) is 32.9 Å². The zero-order valence-corrected chi connectivity index (χ0v) is 20.5. The van der Waals surface area contributed by atoms with Crippen LogP contribution in [-0.4, -0.2) is 56.0 Å². The van der Waals surface area contributed by atoms with Crippen LogP contribution in [0.3, 0.4) is 0 Å². The summed E-state index contributed by atoms with van der Waals surface area (Å²) in [7, 11) is -3.55. The lowest BCUT2D eigenvalue weighted by Crippen LogP contribution is -2.40. The third kappa shape index (κ3) is 5.38. The lowest BCUT2D eigenvalue weighted by atomic mass is 10.1. The van der Waals surface area contributed by atoms with Gasteiger partial charge in [-0.25, -0.2) is 8.42 Å². The minimum absolute atomic E-state index is 0.101. The molecular weight excluding hydrogens is 460 g/mol. The maximum atomic E-state index is 12.8. The Morgan fingerprint density at radius 3 is 2.52 bits per heavy atom. The number of thiophene rings is 1. The van der Waals surface area contributed by atoms with E-state index in [0.717, 1.165) is 24.4 Å². The number of morpholine rings is 1. The molecule has 1 aromatic carbocycles. The average Bonchev–Trinajstić information content (AvgIpc) is 3.44. The second-order valence-corrected chi connectivity index (χ2v) is 10.9. The number of rotatable bonds is 9. The van der Waals surface area contributed by atoms with Crippen molar-refractivity contribution in [3.63, 3.8) is 0 Å². The van der Waals surface area contributed by atoms with Crippen molar-refractivity contribution in [3.8, 4) is 5.75 Å². The molecule has 1 saturated heterocycles. The highest BCUT2D eigenvalue weighted by Crippen LogP contribution is 2.22. The molecule has 0 atom stereocenters. The van der Waals surface area contributed by atoms with Crippen LogP contribution in [-0.2, 0) is 27.7 Å². The molecule has 0 bridgehead atoms. The summed E-state index contributed by atoms with van der Waals surface area (Å²) in [6.07, 6.45) is 0.928. The number of carbonyl (C=O) groups is 1. The molecule has 0 amide bonds. The second kappa shape index (κ2) is 10.2. The Bertz CT molecular complexity index is 1190. The minimum atomic E-state index is -3.55. The summed E-state index contributed by atoms with van der Waals surface area (Å²) in [5.74, 6) is 0.353. The zero-order valence-electron chi connectivity index (χ0n) is 18.8. The van der Waals surface area contributed by atoms with Crippen molar-refractivity contribution >= 4 is 27.1 Å². The third-order valence-electron chi connectivity index (χ3n) is 5.84. The lowest BCUT2D eigenvalue weighted by molar-refractivity contribution is 0.0730. The van der Waals surface area contributed by atoms with Gasteiger partial charge < -0.3 is 14.0 Å². The third-order valence-corrected chi connectivity index (χ3v) is 8.69. The number of Topliss-reactive ketones (excluding diaryl/α,β-unsaturated/α-hetero) is 1. The molecule has 0 spiro atoms. The van der Waals surface area contributed by atoms with Crippen LogP contribution in [0.25, 0.3) is 0 Å². The molecule has 1 fully saturated rings. The Morgan fingerprint density at radius 2 is 1.85 bits per heavy atom. The highest BCUT2D eigenvalue weighted by atomic mass is 32.2. The van der Waals surface area contributed by atoms with E-state index in [2.05, 4.69) is 16.0 Å². The fraction of sp³-hybridized carbons (Fsp3) is 0.375. The van der Waals surface area contributed by atoms with E-state index in [9.17, 15) is 13.2 Å². The topological polar surface area (TPSA) is 77.8 Å². The summed E-state index contributed by atoms with van der Waals surface area (Å²) in [6, 6.07) is 12.3. The first-order chi connectivity index (χ1) is 15.9. The van der Waals surface area contributed by atoms with Crippen molar-refractivity contribution in [2.24, 2.45) is 0 Å². The van der Waals surface area contributed by atoms with Gasteiger partial charge in [0.25, 0.3) is 0 Å². The summed E-state index contributed by atoms with van der Waals surface area (Å²) in [5, 5.41) is 2.07. The molecule has 0 N–H and O–H groups in total. The molecule has 4 rings (SSSR count). The first-order valence-corrected chi connectivity index (χ1v) is 13.2. The highest BCUT2D eigenvalue weighted by Gasteiger charge is 2.26. The molecule has 33 heavy (non-hydrogen) atoms. The van der Waals surface area contributed by atoms with Crippen LogP contribution in [0, 0.1) is 13.8 Å². The van der Waals surface area contributed by atoms with E-state index in [1.165, 1.54) is 21.3 Å². The minimum Gasteiger partial charge on any atom is -0.485 e. The molecule has 0 unspecified atom stereocenters. The molecule has 1 aliphatic rings. The summed E-state index contributed by atoms with van der Waals surface area (Å²) in [5.41, 5.74) is 2.64. The predicted octanol–water partition coefficient (Wildman–Crippen LogP) is 3.69. The molecule has 0 aliphatic carbocycles. The largest absolute Gasteiger partial charge is 0.485 e. The number of hydrogen-bond acceptors (Lipinski definition) is 6. The molecule has 0 saturated carbocycles. The number of hydrogen-bond donors (Lipinski definition) is 0. The van der Waals surface area contributed by atoms with Gasteiger partial charge in [0.15, 0.2) is 6.61 Å². The summed E-state index contributed by atoms with van der Waals surface area (Å²) < 4.78 is 39.9. The predicted molar refractivity (Wildman–Crippen MR) is 128 cm³/mol. The van der Waals surface area contributed by atoms with Crippen molar-refractivity contribution in [1.82, 2.24) is 8.87 Å². The lowest BCUT2D eigenvalue weighted by Gasteiger charge is -2.26. The summed E-state index contributed by atoms with van der Waals surface area (Å²) in [6.45, 7) is 6.18. The Kier molecular flexibility index (Phi) is 7.33. The number of ketones is 1. The molecule has 0 radical (unpaired) electrons. The van der Waals surface area contributed by atoms with Crippen molar-refractivity contribution in [1.29, 1.82) is 0 Å². The van der Waals surface area contributed by atoms with Crippen molar-refractivity contribution in [3.05, 3.63) is 69.7 Å². The van der Waals surface area contributed by atoms with E-state index >= 15 is 0 Å². The maximum absolute atomic E-state index is 12.8. The number of aromatic nitrogens is 1. The number of ether oxygens (including phenoxy) is 2. The molecular formula is C24H28N2O5S2. The van der Waals surface area contributed by atoms with Gasteiger partial charge in [0.2, 0.25) is 15.8 Å². The van der Waals surface area contributed by atoms with Gasteiger partial charge in [-0.2, -0.15) is 4.31 Å². The van der Waals surface area contributed by atoms with Crippen LogP contribution in [0.4, 0.5) is 0 Å². The Morgan fingerprint density at radius 1 is 1.12 bits per heavy atom. The fourth-order valence-electron chi connectivity index (χ4n) is 3.97. The van der Waals surface area contributed by atoms with Crippen LogP contribution in [0.2, 0.25) is 0 Å². The van der Waals surface area contributed by atoms with E-state index in [-0.39, 0.29) is 17.3 Å². The number of carbonyl (C=O) groups excluding carboxylic acids is 1. The van der Waals surface area contributed by atoms with E-state index in [4.69, 9.17) is 9.47 Å². The Hall–Kier alpha value is -2.46. The van der Waals surface area contributed by atoms with Crippen molar-refractivity contribution < 1.29 is 22.7 Å². The SMILES string of the molecule is Cc1cc(C(=O)COc2ccc(S(=O)(=O)N3CCOCC3)cc2)c(C)n1CCc1cccs1. The van der Waals surface area contributed by atoms with Gasteiger partial charge in [-0.15, -0.1) is 11.3 Å². The second-order valence-electron chi connectivity index (χ2n) is 7.97. The van der Waals surface area contributed by atoms with Gasteiger partial charge in [0.1, 0.15) is 5.75 Å². The zero-order chi connectivity index (χ0) is 23.4. The molecule has 176 valence electrons. The highest BCUT2D eigenvalue weighted by molar-refractivity contribution is 7.89. The van der Waals surface area contributed by atoms with E-state index in [1.54, 1.807) is 23.5 Å². The smallest absolute Gasteiger partial charge is 0.243 e. The Labute approximate surface area is 198 Å². The van der Waals surface area contributed by atoms with Crippen LogP contribution < -0.4 is 4.74 Å². The quantitative estimate of drug-likeness (QED) is 0.429. The van der Waals surface area contributed by atoms with Crippen molar-refractivity contribution in [2.45, 2.75) is 31.7 Å². The first kappa shape index (κ1) is 23.7. The van der Waals surface area contributed by atoms with Crippen LogP contribution >= 0.6 is 11.3 Å². The Balaban J connectivity index is 1.37. The van der Waals surface area contributed by atoms with Gasteiger partial charge in [0.05, 0.1) is 18.1 Å². The van der Waals surface area contributed by atoms with E-state index < -0.39 is 10.0 Å². The van der Waals surface area contributed by atoms with Crippen LogP contribution in [0.1, 0.15) is 26.6 Å². The van der Waals surface area contributed by atoms with E-state index in [1.807, 2.05) is 26.0 Å². The molecule has 3 aromatic rings. The number of sulfonamides is 1. The van der Waals surface area contributed by atoms with Crippen LogP contribution in [0.15, 0.2) is 52.7 Å². The molecule has 9 heteroatoms. The monoisotopic (exact) mass is 488 g/mol. The average molecular weight is 489 g/mol. The molecule has 7 nitrogen and oxygen atoms in total. The first-order valence-electron chi connectivity index (χ1n) is 10.9. The van der Waals surface area contributed by atoms with E-state index in [0.29, 0.717) is 37.6 Å².